The van der Waals surface area contributed by atoms with Crippen LogP contribution in [0.5, 0.6) is 0 Å². The van der Waals surface area contributed by atoms with E-state index in [-0.39, 0.29) is 18.3 Å². The molecule has 1 saturated heterocycles. The molecule has 0 spiro atoms. The third-order valence-electron chi connectivity index (χ3n) is 6.98. The first-order chi connectivity index (χ1) is 15.8. The molecule has 5 rings (SSSR count). The van der Waals surface area contributed by atoms with Crippen molar-refractivity contribution in [3.8, 4) is 11.1 Å². The van der Waals surface area contributed by atoms with Crippen LogP contribution in [0.4, 0.5) is 0 Å². The van der Waals surface area contributed by atoms with Crippen LogP contribution in [-0.2, 0) is 15.7 Å². The molecule has 3 heterocycles. The molecule has 1 fully saturated rings. The smallest absolute Gasteiger partial charge is 0.399 e. The Labute approximate surface area is 195 Å². The fraction of sp³-hybridized carbons (Fsp3) is 0.385. The highest BCUT2D eigenvalue weighted by molar-refractivity contribution is 6.62. The van der Waals surface area contributed by atoms with Crippen LogP contribution in [0.1, 0.15) is 46.4 Å². The molecule has 0 atom stereocenters. The standard InChI is InChI=1S/C26H31BN4O2/c1-25(2)26(3,4)33-27(32-25)21-11-10-17-13-18(8-9-19(17)14-21)20-15-22-24(29-16-20)31-23(30-22)7-5-6-12-28/h8-11,13-16H,5-7,12,28H2,1-4H3,(H,29,30,31). The van der Waals surface area contributed by atoms with E-state index in [2.05, 4.69) is 85.1 Å². The van der Waals surface area contributed by atoms with Gasteiger partial charge in [-0.25, -0.2) is 9.97 Å². The average Bonchev–Trinajstić information content (AvgIpc) is 3.29. The van der Waals surface area contributed by atoms with E-state index < -0.39 is 0 Å². The zero-order valence-electron chi connectivity index (χ0n) is 19.8. The van der Waals surface area contributed by atoms with Gasteiger partial charge in [0.05, 0.1) is 16.7 Å². The van der Waals surface area contributed by atoms with Crippen LogP contribution in [0.25, 0.3) is 33.1 Å². The van der Waals surface area contributed by atoms with Crippen LogP contribution in [0.15, 0.2) is 48.7 Å². The first-order valence-electron chi connectivity index (χ1n) is 11.7. The maximum Gasteiger partial charge on any atom is 0.494 e. The number of fused-ring (bicyclic) bond motifs is 2. The predicted octanol–water partition coefficient (Wildman–Crippen LogP) is 4.36. The van der Waals surface area contributed by atoms with Crippen molar-refractivity contribution >= 4 is 34.5 Å². The van der Waals surface area contributed by atoms with Gasteiger partial charge in [-0.3, -0.25) is 0 Å². The van der Waals surface area contributed by atoms with Crippen molar-refractivity contribution in [3.63, 3.8) is 0 Å². The lowest BCUT2D eigenvalue weighted by atomic mass is 9.78. The molecule has 3 N–H and O–H groups in total. The number of aromatic nitrogens is 3. The average molecular weight is 442 g/mol. The summed E-state index contributed by atoms with van der Waals surface area (Å²) in [5, 5.41) is 2.32. The van der Waals surface area contributed by atoms with Gasteiger partial charge in [-0.1, -0.05) is 30.3 Å². The SMILES string of the molecule is CC1(C)OB(c2ccc3cc(-c4cnc5nc(CCCCN)[nH]c5c4)ccc3c2)OC1(C)C. The van der Waals surface area contributed by atoms with Crippen LogP contribution in [0, 0.1) is 0 Å². The summed E-state index contributed by atoms with van der Waals surface area (Å²) in [6.07, 6.45) is 4.82. The largest absolute Gasteiger partial charge is 0.494 e. The topological polar surface area (TPSA) is 86.0 Å². The van der Waals surface area contributed by atoms with E-state index in [0.29, 0.717) is 6.54 Å². The molecule has 1 aliphatic heterocycles. The number of rotatable bonds is 6. The number of H-pyrrole nitrogens is 1. The zero-order valence-corrected chi connectivity index (χ0v) is 19.8. The molecule has 0 bridgehead atoms. The van der Waals surface area contributed by atoms with E-state index in [1.165, 1.54) is 5.39 Å². The minimum Gasteiger partial charge on any atom is -0.399 e. The van der Waals surface area contributed by atoms with Crippen molar-refractivity contribution in [2.45, 2.75) is 58.2 Å². The number of aryl methyl sites for hydroxylation is 1. The number of imidazole rings is 1. The highest BCUT2D eigenvalue weighted by atomic mass is 16.7. The number of nitrogens with one attached hydrogen (secondary N) is 1. The molecule has 6 nitrogen and oxygen atoms in total. The Morgan fingerprint density at radius 2 is 1.64 bits per heavy atom. The summed E-state index contributed by atoms with van der Waals surface area (Å²) in [5.41, 5.74) is 9.85. The zero-order chi connectivity index (χ0) is 23.2. The summed E-state index contributed by atoms with van der Waals surface area (Å²) in [6.45, 7) is 9.02. The van der Waals surface area contributed by atoms with E-state index >= 15 is 0 Å². The molecule has 0 radical (unpaired) electrons. The lowest BCUT2D eigenvalue weighted by Crippen LogP contribution is -2.41. The third-order valence-corrected chi connectivity index (χ3v) is 6.98. The molecule has 1 aliphatic rings. The van der Waals surface area contributed by atoms with E-state index in [9.17, 15) is 0 Å². The minimum atomic E-state index is -0.356. The van der Waals surface area contributed by atoms with Crippen molar-refractivity contribution in [2.75, 3.05) is 6.54 Å². The third kappa shape index (κ3) is 4.17. The number of hydrogen-bond donors (Lipinski definition) is 2. The Bertz CT molecular complexity index is 1300. The molecule has 2 aromatic carbocycles. The number of unbranched alkanes of at least 4 members (excludes halogenated alkanes) is 1. The van der Waals surface area contributed by atoms with E-state index in [1.807, 2.05) is 6.20 Å². The van der Waals surface area contributed by atoms with Crippen molar-refractivity contribution in [1.82, 2.24) is 15.0 Å². The second-order valence-corrected chi connectivity index (χ2v) is 9.93. The van der Waals surface area contributed by atoms with E-state index in [0.717, 1.165) is 58.2 Å². The normalized spacial score (nSPS) is 17.3. The number of benzene rings is 2. The summed E-state index contributed by atoms with van der Waals surface area (Å²) in [4.78, 5) is 12.6. The van der Waals surface area contributed by atoms with Gasteiger partial charge >= 0.3 is 7.12 Å². The number of hydrogen-bond acceptors (Lipinski definition) is 5. The molecular weight excluding hydrogens is 411 g/mol. The van der Waals surface area contributed by atoms with Crippen LogP contribution >= 0.6 is 0 Å². The highest BCUT2D eigenvalue weighted by Gasteiger charge is 2.51. The van der Waals surface area contributed by atoms with Crippen molar-refractivity contribution in [3.05, 3.63) is 54.5 Å². The summed E-state index contributed by atoms with van der Waals surface area (Å²) in [5.74, 6) is 0.969. The second-order valence-electron chi connectivity index (χ2n) is 9.93. The fourth-order valence-corrected chi connectivity index (χ4v) is 4.23. The quantitative estimate of drug-likeness (QED) is 0.342. The lowest BCUT2D eigenvalue weighted by Gasteiger charge is -2.32. The number of nitrogens with zero attached hydrogens (tertiary/aromatic N) is 2. The molecule has 0 saturated carbocycles. The maximum absolute atomic E-state index is 6.22. The van der Waals surface area contributed by atoms with Crippen molar-refractivity contribution < 1.29 is 9.31 Å². The fourth-order valence-electron chi connectivity index (χ4n) is 4.23. The van der Waals surface area contributed by atoms with E-state index in [4.69, 9.17) is 15.0 Å². The Kier molecular flexibility index (Phi) is 5.51. The van der Waals surface area contributed by atoms with Crippen molar-refractivity contribution in [1.29, 1.82) is 0 Å². The number of pyridine rings is 1. The molecule has 7 heteroatoms. The van der Waals surface area contributed by atoms with Crippen LogP contribution in [0.2, 0.25) is 0 Å². The molecular formula is C26H31BN4O2. The van der Waals surface area contributed by atoms with Gasteiger partial charge in [-0.05, 0) is 81.0 Å². The van der Waals surface area contributed by atoms with Gasteiger partial charge < -0.3 is 20.0 Å². The minimum absolute atomic E-state index is 0.348. The monoisotopic (exact) mass is 442 g/mol. The Hall–Kier alpha value is -2.74. The summed E-state index contributed by atoms with van der Waals surface area (Å²) in [7, 11) is -0.356. The lowest BCUT2D eigenvalue weighted by molar-refractivity contribution is 0.00578. The van der Waals surface area contributed by atoms with Gasteiger partial charge in [0.25, 0.3) is 0 Å². The van der Waals surface area contributed by atoms with Crippen molar-refractivity contribution in [2.24, 2.45) is 5.73 Å². The summed E-state index contributed by atoms with van der Waals surface area (Å²) < 4.78 is 12.4. The van der Waals surface area contributed by atoms with Gasteiger partial charge in [0.1, 0.15) is 5.82 Å². The first kappa shape index (κ1) is 22.1. The molecule has 170 valence electrons. The van der Waals surface area contributed by atoms with Gasteiger partial charge in [0.2, 0.25) is 0 Å². The van der Waals surface area contributed by atoms with Gasteiger partial charge in [0, 0.05) is 18.2 Å². The van der Waals surface area contributed by atoms with Gasteiger partial charge in [-0.15, -0.1) is 0 Å². The number of aromatic amines is 1. The molecule has 33 heavy (non-hydrogen) atoms. The predicted molar refractivity (Wildman–Crippen MR) is 135 cm³/mol. The molecule has 0 amide bonds. The van der Waals surface area contributed by atoms with Crippen LogP contribution < -0.4 is 11.2 Å². The second kappa shape index (κ2) is 8.24. The summed E-state index contributed by atoms with van der Waals surface area (Å²) >= 11 is 0. The molecule has 2 aromatic heterocycles. The molecule has 0 unspecified atom stereocenters. The maximum atomic E-state index is 6.22. The first-order valence-corrected chi connectivity index (χ1v) is 11.7. The Balaban J connectivity index is 1.40. The Morgan fingerprint density at radius 3 is 2.39 bits per heavy atom. The molecule has 4 aromatic rings. The summed E-state index contributed by atoms with van der Waals surface area (Å²) in [6, 6.07) is 15.0. The van der Waals surface area contributed by atoms with Gasteiger partial charge in [-0.2, -0.15) is 0 Å². The highest BCUT2D eigenvalue weighted by Crippen LogP contribution is 2.36. The van der Waals surface area contributed by atoms with E-state index in [1.54, 1.807) is 0 Å². The van der Waals surface area contributed by atoms with Crippen LogP contribution in [-0.4, -0.2) is 39.8 Å². The Morgan fingerprint density at radius 1 is 0.909 bits per heavy atom. The van der Waals surface area contributed by atoms with Crippen LogP contribution in [0.3, 0.4) is 0 Å². The molecule has 0 aliphatic carbocycles. The number of nitrogens with two attached hydrogens (primary N) is 1. The van der Waals surface area contributed by atoms with Gasteiger partial charge in [0.15, 0.2) is 5.65 Å².